The van der Waals surface area contributed by atoms with Gasteiger partial charge >= 0.3 is 0 Å². The van der Waals surface area contributed by atoms with Crippen LogP contribution in [0.3, 0.4) is 0 Å². The average molecular weight is 289 g/mol. The van der Waals surface area contributed by atoms with Gasteiger partial charge in [-0.3, -0.25) is 14.9 Å². The molecule has 21 heavy (non-hydrogen) atoms. The van der Waals surface area contributed by atoms with E-state index in [-0.39, 0.29) is 24.2 Å². The number of amides is 1. The second kappa shape index (κ2) is 5.95. The van der Waals surface area contributed by atoms with E-state index in [0.717, 1.165) is 5.39 Å². The van der Waals surface area contributed by atoms with E-state index in [9.17, 15) is 14.9 Å². The van der Waals surface area contributed by atoms with Crippen molar-refractivity contribution in [3.63, 3.8) is 0 Å². The molecule has 0 aliphatic carbocycles. The molecule has 1 heterocycles. The summed E-state index contributed by atoms with van der Waals surface area (Å²) in [6.45, 7) is 6.08. The standard InChI is InChI=1S/C15H19N3O3/c1-10(2)11(3)16-14(19)9-17-8-7-12-5-4-6-13(15(12)17)18(20)21/h4-8,10-11H,9H2,1-3H3,(H,16,19). The lowest BCUT2D eigenvalue weighted by Gasteiger charge is -2.17. The van der Waals surface area contributed by atoms with Gasteiger partial charge < -0.3 is 9.88 Å². The molecule has 0 saturated heterocycles. The minimum atomic E-state index is -0.423. The highest BCUT2D eigenvalue weighted by molar-refractivity contribution is 5.90. The molecule has 6 nitrogen and oxygen atoms in total. The lowest BCUT2D eigenvalue weighted by Crippen LogP contribution is -2.38. The van der Waals surface area contributed by atoms with Crippen LogP contribution >= 0.6 is 0 Å². The topological polar surface area (TPSA) is 77.2 Å². The van der Waals surface area contributed by atoms with Gasteiger partial charge in [-0.25, -0.2) is 0 Å². The minimum Gasteiger partial charge on any atom is -0.352 e. The Balaban J connectivity index is 2.27. The van der Waals surface area contributed by atoms with Gasteiger partial charge in [0, 0.05) is 23.7 Å². The molecular formula is C15H19N3O3. The maximum Gasteiger partial charge on any atom is 0.293 e. The third-order valence-corrected chi connectivity index (χ3v) is 3.67. The van der Waals surface area contributed by atoms with Crippen molar-refractivity contribution in [2.45, 2.75) is 33.4 Å². The minimum absolute atomic E-state index is 0.0159. The van der Waals surface area contributed by atoms with E-state index < -0.39 is 4.92 Å². The number of benzene rings is 1. The number of carbonyl (C=O) groups excluding carboxylic acids is 1. The van der Waals surface area contributed by atoms with Crippen LogP contribution in [-0.2, 0) is 11.3 Å². The van der Waals surface area contributed by atoms with Crippen molar-refractivity contribution >= 4 is 22.5 Å². The van der Waals surface area contributed by atoms with E-state index in [4.69, 9.17) is 0 Å². The average Bonchev–Trinajstić information content (AvgIpc) is 2.81. The Morgan fingerprint density at radius 1 is 1.33 bits per heavy atom. The van der Waals surface area contributed by atoms with Crippen LogP contribution < -0.4 is 5.32 Å². The van der Waals surface area contributed by atoms with Crippen LogP contribution in [0.1, 0.15) is 20.8 Å². The van der Waals surface area contributed by atoms with Gasteiger partial charge in [-0.1, -0.05) is 26.0 Å². The fraction of sp³-hybridized carbons (Fsp3) is 0.400. The van der Waals surface area contributed by atoms with Gasteiger partial charge in [0.15, 0.2) is 0 Å². The van der Waals surface area contributed by atoms with Gasteiger partial charge in [-0.05, 0) is 18.9 Å². The Bertz CT molecular complexity index is 676. The van der Waals surface area contributed by atoms with E-state index in [1.807, 2.05) is 20.8 Å². The summed E-state index contributed by atoms with van der Waals surface area (Å²) >= 11 is 0. The molecule has 0 aliphatic heterocycles. The summed E-state index contributed by atoms with van der Waals surface area (Å²) in [5, 5.41) is 14.8. The van der Waals surface area contributed by atoms with Crippen molar-refractivity contribution in [2.24, 2.45) is 5.92 Å². The van der Waals surface area contributed by atoms with Crippen molar-refractivity contribution < 1.29 is 9.72 Å². The summed E-state index contributed by atoms with van der Waals surface area (Å²) in [5.41, 5.74) is 0.497. The number of nitrogens with one attached hydrogen (secondary N) is 1. The SMILES string of the molecule is CC(C)C(C)NC(=O)Cn1ccc2cccc([N+](=O)[O-])c21. The third kappa shape index (κ3) is 3.21. The van der Waals surface area contributed by atoms with E-state index in [2.05, 4.69) is 5.32 Å². The van der Waals surface area contributed by atoms with Gasteiger partial charge in [0.05, 0.1) is 4.92 Å². The van der Waals surface area contributed by atoms with E-state index in [1.165, 1.54) is 6.07 Å². The zero-order valence-electron chi connectivity index (χ0n) is 12.4. The summed E-state index contributed by atoms with van der Waals surface area (Å²) in [5.74, 6) is 0.191. The maximum atomic E-state index is 12.0. The molecule has 0 saturated carbocycles. The van der Waals surface area contributed by atoms with Crippen LogP contribution in [0.4, 0.5) is 5.69 Å². The first-order valence-electron chi connectivity index (χ1n) is 6.91. The lowest BCUT2D eigenvalue weighted by atomic mass is 10.1. The molecule has 6 heteroatoms. The van der Waals surface area contributed by atoms with Crippen LogP contribution in [0.25, 0.3) is 10.9 Å². The van der Waals surface area contributed by atoms with Crippen LogP contribution in [-0.4, -0.2) is 21.4 Å². The highest BCUT2D eigenvalue weighted by Gasteiger charge is 2.17. The summed E-state index contributed by atoms with van der Waals surface area (Å²) in [6, 6.07) is 6.74. The van der Waals surface area contributed by atoms with Crippen LogP contribution in [0.5, 0.6) is 0 Å². The molecule has 2 aromatic rings. The summed E-state index contributed by atoms with van der Waals surface area (Å²) in [7, 11) is 0. The summed E-state index contributed by atoms with van der Waals surface area (Å²) in [4.78, 5) is 22.7. The first kappa shape index (κ1) is 15.0. The molecule has 1 N–H and O–H groups in total. The molecule has 112 valence electrons. The fourth-order valence-corrected chi connectivity index (χ4v) is 2.14. The predicted molar refractivity (Wildman–Crippen MR) is 81.0 cm³/mol. The number of aromatic nitrogens is 1. The Kier molecular flexibility index (Phi) is 4.26. The highest BCUT2D eigenvalue weighted by Crippen LogP contribution is 2.26. The first-order chi connectivity index (χ1) is 9.90. The largest absolute Gasteiger partial charge is 0.352 e. The zero-order chi connectivity index (χ0) is 15.6. The Labute approximate surface area is 122 Å². The number of hydrogen-bond acceptors (Lipinski definition) is 3. The normalized spacial score (nSPS) is 12.6. The number of nitro groups is 1. The van der Waals surface area contributed by atoms with Crippen molar-refractivity contribution in [3.8, 4) is 0 Å². The van der Waals surface area contributed by atoms with E-state index in [0.29, 0.717) is 11.4 Å². The molecule has 0 radical (unpaired) electrons. The number of hydrogen-bond donors (Lipinski definition) is 1. The maximum absolute atomic E-state index is 12.0. The quantitative estimate of drug-likeness (QED) is 0.679. The van der Waals surface area contributed by atoms with E-state index in [1.54, 1.807) is 29.0 Å². The second-order valence-electron chi connectivity index (χ2n) is 5.52. The van der Waals surface area contributed by atoms with Crippen molar-refractivity contribution in [2.75, 3.05) is 0 Å². The fourth-order valence-electron chi connectivity index (χ4n) is 2.14. The molecule has 1 unspecified atom stereocenters. The number of para-hydroxylation sites is 1. The smallest absolute Gasteiger partial charge is 0.293 e. The Morgan fingerprint density at radius 2 is 2.05 bits per heavy atom. The van der Waals surface area contributed by atoms with Crippen molar-refractivity contribution in [3.05, 3.63) is 40.6 Å². The van der Waals surface area contributed by atoms with Gasteiger partial charge in [-0.2, -0.15) is 0 Å². The zero-order valence-corrected chi connectivity index (χ0v) is 12.4. The number of rotatable bonds is 5. The molecule has 1 atom stereocenters. The Morgan fingerprint density at radius 3 is 2.67 bits per heavy atom. The predicted octanol–water partition coefficient (Wildman–Crippen LogP) is 2.71. The molecule has 2 rings (SSSR count). The molecular weight excluding hydrogens is 270 g/mol. The monoisotopic (exact) mass is 289 g/mol. The van der Waals surface area contributed by atoms with Crippen LogP contribution in [0, 0.1) is 16.0 Å². The number of carbonyl (C=O) groups is 1. The van der Waals surface area contributed by atoms with Crippen molar-refractivity contribution in [1.82, 2.24) is 9.88 Å². The van der Waals surface area contributed by atoms with E-state index >= 15 is 0 Å². The summed E-state index contributed by atoms with van der Waals surface area (Å²) < 4.78 is 1.62. The number of fused-ring (bicyclic) bond motifs is 1. The molecule has 1 aromatic carbocycles. The van der Waals surface area contributed by atoms with Gasteiger partial charge in [0.2, 0.25) is 5.91 Å². The molecule has 1 aromatic heterocycles. The van der Waals surface area contributed by atoms with Gasteiger partial charge in [-0.15, -0.1) is 0 Å². The second-order valence-corrected chi connectivity index (χ2v) is 5.52. The first-order valence-corrected chi connectivity index (χ1v) is 6.91. The lowest BCUT2D eigenvalue weighted by molar-refractivity contribution is -0.383. The highest BCUT2D eigenvalue weighted by atomic mass is 16.6. The summed E-state index contributed by atoms with van der Waals surface area (Å²) in [6.07, 6.45) is 1.71. The molecule has 0 spiro atoms. The third-order valence-electron chi connectivity index (χ3n) is 3.67. The molecule has 0 fully saturated rings. The number of non-ortho nitro benzene ring substituents is 1. The van der Waals surface area contributed by atoms with Crippen molar-refractivity contribution in [1.29, 1.82) is 0 Å². The number of nitrogens with zero attached hydrogens (tertiary/aromatic N) is 2. The molecule has 0 bridgehead atoms. The Hall–Kier alpha value is -2.37. The molecule has 0 aliphatic rings. The number of nitro benzene ring substituents is 1. The van der Waals surface area contributed by atoms with Gasteiger partial charge in [0.25, 0.3) is 5.69 Å². The molecule has 1 amide bonds. The van der Waals surface area contributed by atoms with Crippen LogP contribution in [0.15, 0.2) is 30.5 Å². The van der Waals surface area contributed by atoms with Crippen LogP contribution in [0.2, 0.25) is 0 Å². The van der Waals surface area contributed by atoms with Gasteiger partial charge in [0.1, 0.15) is 12.1 Å².